The molecule has 1 amide bonds. The molecule has 186 valence electrons. The highest BCUT2D eigenvalue weighted by molar-refractivity contribution is 7.92. The number of anilines is 1. The number of ether oxygens (including phenoxy) is 1. The maximum atomic E-state index is 12.9. The summed E-state index contributed by atoms with van der Waals surface area (Å²) in [7, 11) is -2.92. The highest BCUT2D eigenvalue weighted by Crippen LogP contribution is 2.35. The van der Waals surface area contributed by atoms with Crippen LogP contribution in [0.15, 0.2) is 59.6 Å². The van der Waals surface area contributed by atoms with Crippen LogP contribution < -0.4 is 14.8 Å². The van der Waals surface area contributed by atoms with E-state index in [-0.39, 0.29) is 11.2 Å². The molecule has 2 heterocycles. The molecular weight excluding hydrogens is 525 g/mol. The molecule has 0 fully saturated rings. The summed E-state index contributed by atoms with van der Waals surface area (Å²) in [6.07, 6.45) is -3.34. The number of carbonyl (C=O) groups excluding carboxylic acids is 1. The topological polar surface area (TPSA) is 136 Å². The van der Waals surface area contributed by atoms with E-state index in [1.54, 1.807) is 6.07 Å². The monoisotopic (exact) mass is 538 g/mol. The van der Waals surface area contributed by atoms with Crippen molar-refractivity contribution in [3.63, 3.8) is 0 Å². The van der Waals surface area contributed by atoms with Crippen LogP contribution in [0.3, 0.4) is 0 Å². The van der Waals surface area contributed by atoms with Crippen LogP contribution in [0.25, 0.3) is 11.0 Å². The molecule has 36 heavy (non-hydrogen) atoms. The Morgan fingerprint density at radius 1 is 1.00 bits per heavy atom. The van der Waals surface area contributed by atoms with Gasteiger partial charge in [0.15, 0.2) is 0 Å². The van der Waals surface area contributed by atoms with Gasteiger partial charge in [0.2, 0.25) is 0 Å². The van der Waals surface area contributed by atoms with Gasteiger partial charge >= 0.3 is 6.18 Å². The molecule has 0 bridgehead atoms. The molecule has 10 nitrogen and oxygen atoms in total. The van der Waals surface area contributed by atoms with E-state index >= 15 is 0 Å². The predicted molar refractivity (Wildman–Crippen MR) is 122 cm³/mol. The first-order valence-corrected chi connectivity index (χ1v) is 11.7. The van der Waals surface area contributed by atoms with Crippen molar-refractivity contribution >= 4 is 44.5 Å². The normalized spacial score (nSPS) is 11.8. The first kappa shape index (κ1) is 25.1. The molecule has 0 aliphatic rings. The largest absolute Gasteiger partial charge is 0.457 e. The second-order valence-corrected chi connectivity index (χ2v) is 9.18. The van der Waals surface area contributed by atoms with E-state index in [2.05, 4.69) is 30.2 Å². The second kappa shape index (κ2) is 9.54. The number of fused-ring (bicyclic) bond motifs is 1. The van der Waals surface area contributed by atoms with E-state index in [4.69, 9.17) is 16.3 Å². The summed E-state index contributed by atoms with van der Waals surface area (Å²) in [5.74, 6) is -0.228. The number of benzene rings is 2. The van der Waals surface area contributed by atoms with Crippen molar-refractivity contribution in [3.8, 4) is 11.5 Å². The summed E-state index contributed by atoms with van der Waals surface area (Å²) in [6, 6.07) is 9.51. The van der Waals surface area contributed by atoms with Crippen molar-refractivity contribution in [2.45, 2.75) is 11.1 Å². The Morgan fingerprint density at radius 3 is 2.44 bits per heavy atom. The van der Waals surface area contributed by atoms with Gasteiger partial charge < -0.3 is 10.1 Å². The molecule has 0 unspecified atom stereocenters. The fraction of sp³-hybridized carbons (Fsp3) is 0.0952. The lowest BCUT2D eigenvalue weighted by atomic mass is 10.2. The Balaban J connectivity index is 1.59. The van der Waals surface area contributed by atoms with Gasteiger partial charge in [-0.05, 0) is 36.4 Å². The zero-order valence-corrected chi connectivity index (χ0v) is 19.6. The average Bonchev–Trinajstić information content (AvgIpc) is 2.82. The van der Waals surface area contributed by atoms with E-state index in [0.717, 1.165) is 6.07 Å². The molecular formula is C21H14ClF3N6O4S. The molecule has 2 aromatic carbocycles. The number of pyridine rings is 1. The van der Waals surface area contributed by atoms with Crippen LogP contribution in [0, 0.1) is 0 Å². The lowest BCUT2D eigenvalue weighted by molar-refractivity contribution is -0.137. The molecule has 2 aromatic heterocycles. The Kier molecular flexibility index (Phi) is 6.65. The number of hydrogen-bond donors (Lipinski definition) is 2. The van der Waals surface area contributed by atoms with Gasteiger partial charge in [-0.3, -0.25) is 9.78 Å². The van der Waals surface area contributed by atoms with E-state index in [1.165, 1.54) is 37.5 Å². The van der Waals surface area contributed by atoms with Gasteiger partial charge in [0.05, 0.1) is 21.0 Å². The van der Waals surface area contributed by atoms with Crippen LogP contribution in [0.4, 0.5) is 19.1 Å². The third kappa shape index (κ3) is 5.44. The number of sulfonamides is 1. The summed E-state index contributed by atoms with van der Waals surface area (Å²) in [4.78, 5) is 19.3. The van der Waals surface area contributed by atoms with Crippen LogP contribution in [0.2, 0.25) is 5.02 Å². The third-order valence-corrected chi connectivity index (χ3v) is 6.27. The molecule has 0 spiro atoms. The van der Waals surface area contributed by atoms with Crippen molar-refractivity contribution < 1.29 is 31.1 Å². The van der Waals surface area contributed by atoms with Crippen molar-refractivity contribution in [1.29, 1.82) is 0 Å². The zero-order chi connectivity index (χ0) is 26.1. The number of hydrogen-bond acceptors (Lipinski definition) is 8. The number of rotatable bonds is 6. The van der Waals surface area contributed by atoms with Gasteiger partial charge in [-0.25, -0.2) is 18.1 Å². The zero-order valence-electron chi connectivity index (χ0n) is 18.0. The molecule has 0 saturated carbocycles. The molecule has 2 N–H and O–H groups in total. The van der Waals surface area contributed by atoms with Gasteiger partial charge in [-0.15, -0.1) is 10.2 Å². The Morgan fingerprint density at radius 2 is 1.75 bits per heavy atom. The van der Waals surface area contributed by atoms with Gasteiger partial charge in [0.25, 0.3) is 21.9 Å². The fourth-order valence-electron chi connectivity index (χ4n) is 2.96. The number of halogens is 4. The Bertz CT molecular complexity index is 1580. The number of carbonyl (C=O) groups is 1. The highest BCUT2D eigenvalue weighted by Gasteiger charge is 2.34. The molecule has 15 heteroatoms. The van der Waals surface area contributed by atoms with Crippen molar-refractivity contribution in [1.82, 2.24) is 25.5 Å². The summed E-state index contributed by atoms with van der Waals surface area (Å²) in [5, 5.41) is 9.25. The van der Waals surface area contributed by atoms with Crippen LogP contribution in [-0.2, 0) is 16.2 Å². The lowest BCUT2D eigenvalue weighted by Gasteiger charge is -2.11. The van der Waals surface area contributed by atoms with E-state index < -0.39 is 43.5 Å². The summed E-state index contributed by atoms with van der Waals surface area (Å²) >= 11 is 5.62. The molecule has 0 saturated heterocycles. The summed E-state index contributed by atoms with van der Waals surface area (Å²) in [5.41, 5.74) is -0.523. The number of nitrogens with zero attached hydrogens (tertiary/aromatic N) is 4. The van der Waals surface area contributed by atoms with Crippen LogP contribution in [0.5, 0.6) is 11.5 Å². The van der Waals surface area contributed by atoms with Gasteiger partial charge in [0, 0.05) is 25.4 Å². The minimum absolute atomic E-state index is 0.139. The molecule has 0 aliphatic carbocycles. The minimum atomic E-state index is -4.74. The van der Waals surface area contributed by atoms with E-state index in [0.29, 0.717) is 29.1 Å². The Labute approximate surface area is 206 Å². The second-order valence-electron chi connectivity index (χ2n) is 7.09. The maximum Gasteiger partial charge on any atom is 0.417 e. The first-order chi connectivity index (χ1) is 17.0. The van der Waals surface area contributed by atoms with Gasteiger partial charge in [0.1, 0.15) is 22.7 Å². The maximum absolute atomic E-state index is 12.9. The SMILES string of the molecule is CNC(=O)c1cc(Oc2ccc3nnc(NS(=O)(=O)c4ccc(C(F)(F)F)c(Cl)c4)nc3c2)ccn1. The number of amides is 1. The quantitative estimate of drug-likeness (QED) is 0.375. The highest BCUT2D eigenvalue weighted by atomic mass is 35.5. The predicted octanol–water partition coefficient (Wildman–Crippen LogP) is 4.04. The number of aromatic nitrogens is 4. The van der Waals surface area contributed by atoms with Crippen LogP contribution in [-0.4, -0.2) is 41.5 Å². The van der Waals surface area contributed by atoms with E-state index in [1.807, 2.05) is 0 Å². The Hall–Kier alpha value is -4.04. The van der Waals surface area contributed by atoms with Gasteiger partial charge in [-0.2, -0.15) is 13.2 Å². The molecule has 0 atom stereocenters. The first-order valence-electron chi connectivity index (χ1n) is 9.86. The van der Waals surface area contributed by atoms with Crippen LogP contribution >= 0.6 is 11.6 Å². The third-order valence-electron chi connectivity index (χ3n) is 4.63. The molecule has 0 radical (unpaired) electrons. The van der Waals surface area contributed by atoms with Gasteiger partial charge in [-0.1, -0.05) is 11.6 Å². The standard InChI is InChI=1S/C21H14ClF3N6O4S/c1-26-19(32)18-9-12(6-7-27-18)35-11-2-5-16-17(8-11)28-20(30-29-16)31-36(33,34)13-3-4-14(15(22)10-13)21(23,24)25/h2-10H,1H3,(H,26,32)(H,28,30,31). The molecule has 4 aromatic rings. The fourth-order valence-corrected chi connectivity index (χ4v) is 4.27. The van der Waals surface area contributed by atoms with Crippen molar-refractivity contribution in [3.05, 3.63) is 71.0 Å². The minimum Gasteiger partial charge on any atom is -0.457 e. The lowest BCUT2D eigenvalue weighted by Crippen LogP contribution is -2.18. The summed E-state index contributed by atoms with van der Waals surface area (Å²) < 4.78 is 71.8. The molecule has 0 aliphatic heterocycles. The van der Waals surface area contributed by atoms with Crippen LogP contribution in [0.1, 0.15) is 16.1 Å². The van der Waals surface area contributed by atoms with Crippen molar-refractivity contribution in [2.24, 2.45) is 0 Å². The van der Waals surface area contributed by atoms with Crippen molar-refractivity contribution in [2.75, 3.05) is 11.8 Å². The smallest absolute Gasteiger partial charge is 0.417 e. The van der Waals surface area contributed by atoms with E-state index in [9.17, 15) is 26.4 Å². The summed E-state index contributed by atoms with van der Waals surface area (Å²) in [6.45, 7) is 0. The number of nitrogens with one attached hydrogen (secondary N) is 2. The average molecular weight is 539 g/mol. The molecule has 4 rings (SSSR count). The number of alkyl halides is 3.